The molecule has 406 valence electrons. The maximum absolute atomic E-state index is 12.8. The van der Waals surface area contributed by atoms with Crippen LogP contribution in [0.1, 0.15) is 277 Å². The second-order valence-electron chi connectivity index (χ2n) is 21.0. The summed E-state index contributed by atoms with van der Waals surface area (Å²) in [5, 5.41) is 0. The van der Waals surface area contributed by atoms with Crippen molar-refractivity contribution in [2.75, 3.05) is 47.5 Å². The van der Waals surface area contributed by atoms with Gasteiger partial charge in [-0.05, 0) is 70.6 Å². The zero-order chi connectivity index (χ0) is 50.6. The van der Waals surface area contributed by atoms with Crippen LogP contribution < -0.4 is 0 Å². The largest absolute Gasteiger partial charge is 0.472 e. The summed E-state index contributed by atoms with van der Waals surface area (Å²) in [6.45, 7) is 4.44. The molecular weight excluding hydrogens is 882 g/mol. The summed E-state index contributed by atoms with van der Waals surface area (Å²) >= 11 is 0. The minimum atomic E-state index is -4.38. The number of rotatable bonds is 54. The van der Waals surface area contributed by atoms with Gasteiger partial charge in [0.05, 0.1) is 27.7 Å². The van der Waals surface area contributed by atoms with E-state index in [9.17, 15) is 19.0 Å². The lowest BCUT2D eigenvalue weighted by atomic mass is 10.0. The van der Waals surface area contributed by atoms with Gasteiger partial charge in [0.2, 0.25) is 0 Å². The molecule has 0 aromatic carbocycles. The van der Waals surface area contributed by atoms with Crippen LogP contribution in [0.3, 0.4) is 0 Å². The Bertz CT molecular complexity index is 1260. The number of carbonyl (C=O) groups is 2. The number of phosphoric ester groups is 1. The fourth-order valence-electron chi connectivity index (χ4n) is 8.34. The molecule has 0 aliphatic rings. The van der Waals surface area contributed by atoms with E-state index in [0.717, 1.165) is 57.8 Å². The van der Waals surface area contributed by atoms with Crippen LogP contribution in [0.25, 0.3) is 0 Å². The van der Waals surface area contributed by atoms with Gasteiger partial charge in [0.1, 0.15) is 19.8 Å². The summed E-state index contributed by atoms with van der Waals surface area (Å²) in [6.07, 6.45) is 62.2. The third kappa shape index (κ3) is 55.4. The monoisotopic (exact) mass is 995 g/mol. The van der Waals surface area contributed by atoms with Gasteiger partial charge in [-0.15, -0.1) is 0 Å². The first-order valence-corrected chi connectivity index (χ1v) is 30.7. The molecule has 0 aliphatic carbocycles. The van der Waals surface area contributed by atoms with Crippen molar-refractivity contribution in [2.24, 2.45) is 0 Å². The Morgan fingerprint density at radius 3 is 1.16 bits per heavy atom. The molecule has 0 bridgehead atoms. The fourth-order valence-corrected chi connectivity index (χ4v) is 9.08. The third-order valence-electron chi connectivity index (χ3n) is 12.9. The predicted molar refractivity (Wildman–Crippen MR) is 294 cm³/mol. The molecule has 0 radical (unpaired) electrons. The molecule has 0 fully saturated rings. The smallest absolute Gasteiger partial charge is 0.462 e. The molecule has 0 aromatic rings. The van der Waals surface area contributed by atoms with Gasteiger partial charge in [-0.2, -0.15) is 0 Å². The van der Waals surface area contributed by atoms with Crippen molar-refractivity contribution in [3.63, 3.8) is 0 Å². The topological polar surface area (TPSA) is 108 Å². The minimum Gasteiger partial charge on any atom is -0.462 e. The SMILES string of the molecule is CCCCCCC/C=C\C/C=C\CCCCCCCCCCCCCCCCCCCC(=O)OC(COC(=O)CCCCCCC/C=C\CCCCCCCCC)COP(=O)(O)OCC[N+](C)(C)C. The lowest BCUT2D eigenvalue weighted by Gasteiger charge is -2.24. The average molecular weight is 996 g/mol. The van der Waals surface area contributed by atoms with E-state index >= 15 is 0 Å². The molecule has 0 amide bonds. The average Bonchev–Trinajstić information content (AvgIpc) is 3.31. The molecule has 0 aromatic heterocycles. The molecule has 2 atom stereocenters. The highest BCUT2D eigenvalue weighted by atomic mass is 31.2. The number of likely N-dealkylation sites (N-methyl/N-ethyl adjacent to an activating group) is 1. The minimum absolute atomic E-state index is 0.0319. The number of esters is 2. The molecule has 0 heterocycles. The molecule has 0 aliphatic heterocycles. The Balaban J connectivity index is 4.09. The maximum Gasteiger partial charge on any atom is 0.472 e. The molecule has 0 saturated heterocycles. The van der Waals surface area contributed by atoms with Gasteiger partial charge in [-0.3, -0.25) is 18.6 Å². The number of carbonyl (C=O) groups excluding carboxylic acids is 2. The zero-order valence-electron chi connectivity index (χ0n) is 46.1. The highest BCUT2D eigenvalue weighted by molar-refractivity contribution is 7.47. The highest BCUT2D eigenvalue weighted by Crippen LogP contribution is 2.43. The number of quaternary nitrogens is 1. The van der Waals surface area contributed by atoms with Gasteiger partial charge < -0.3 is 18.9 Å². The summed E-state index contributed by atoms with van der Waals surface area (Å²) in [5.74, 6) is -0.796. The Morgan fingerprint density at radius 1 is 0.449 bits per heavy atom. The predicted octanol–water partition coefficient (Wildman–Crippen LogP) is 18.0. The maximum atomic E-state index is 12.8. The first kappa shape index (κ1) is 67.2. The Hall–Kier alpha value is -1.77. The van der Waals surface area contributed by atoms with Crippen LogP contribution in [0.2, 0.25) is 0 Å². The molecule has 2 unspecified atom stereocenters. The van der Waals surface area contributed by atoms with Crippen LogP contribution in [0.5, 0.6) is 0 Å². The number of unbranched alkanes of at least 4 members (excludes halogenated alkanes) is 34. The van der Waals surface area contributed by atoms with Crippen LogP contribution in [0, 0.1) is 0 Å². The number of hydrogen-bond donors (Lipinski definition) is 1. The Labute approximate surface area is 427 Å². The van der Waals surface area contributed by atoms with Crippen molar-refractivity contribution >= 4 is 19.8 Å². The van der Waals surface area contributed by atoms with Crippen LogP contribution in [-0.4, -0.2) is 74.9 Å². The first-order chi connectivity index (χ1) is 33.5. The second-order valence-corrected chi connectivity index (χ2v) is 22.5. The standard InChI is InChI=1S/C59H112NO8P/c1-6-8-10-12-14-16-18-20-22-24-25-26-27-28-29-30-31-32-33-34-35-36-38-40-42-44-46-48-50-52-59(62)68-57(56-67-69(63,64)66-54-53-60(3,4)5)55-65-58(61)51-49-47-45-43-41-39-37-23-21-19-17-15-13-11-9-7-2/h18,20,23-25,37,57H,6-17,19,21-22,26-36,38-56H2,1-5H3/p+1/b20-18-,25-24-,37-23-. The molecule has 0 spiro atoms. The van der Waals surface area contributed by atoms with Gasteiger partial charge in [-0.1, -0.05) is 230 Å². The lowest BCUT2D eigenvalue weighted by molar-refractivity contribution is -0.870. The number of ether oxygens (including phenoxy) is 2. The quantitative estimate of drug-likeness (QED) is 0.0211. The summed E-state index contributed by atoms with van der Waals surface area (Å²) < 4.78 is 34.5. The first-order valence-electron chi connectivity index (χ1n) is 29.2. The number of hydrogen-bond acceptors (Lipinski definition) is 7. The van der Waals surface area contributed by atoms with Crippen molar-refractivity contribution in [1.82, 2.24) is 0 Å². The van der Waals surface area contributed by atoms with Crippen molar-refractivity contribution in [2.45, 2.75) is 283 Å². The zero-order valence-corrected chi connectivity index (χ0v) is 47.0. The van der Waals surface area contributed by atoms with Crippen LogP contribution in [-0.2, 0) is 32.7 Å². The van der Waals surface area contributed by atoms with Crippen molar-refractivity contribution < 1.29 is 42.1 Å². The van der Waals surface area contributed by atoms with Crippen LogP contribution in [0.15, 0.2) is 36.5 Å². The van der Waals surface area contributed by atoms with E-state index in [1.165, 1.54) is 186 Å². The summed E-state index contributed by atoms with van der Waals surface area (Å²) in [7, 11) is 1.48. The van der Waals surface area contributed by atoms with Gasteiger partial charge >= 0.3 is 19.8 Å². The number of phosphoric acid groups is 1. The van der Waals surface area contributed by atoms with E-state index in [1.54, 1.807) is 0 Å². The van der Waals surface area contributed by atoms with E-state index in [4.69, 9.17) is 18.5 Å². The lowest BCUT2D eigenvalue weighted by Crippen LogP contribution is -2.37. The van der Waals surface area contributed by atoms with Crippen molar-refractivity contribution in [1.29, 1.82) is 0 Å². The summed E-state index contributed by atoms with van der Waals surface area (Å²) in [6, 6.07) is 0. The van der Waals surface area contributed by atoms with E-state index in [0.29, 0.717) is 17.4 Å². The Morgan fingerprint density at radius 2 is 0.783 bits per heavy atom. The van der Waals surface area contributed by atoms with Gasteiger partial charge in [-0.25, -0.2) is 4.57 Å². The molecule has 1 N–H and O–H groups in total. The molecule has 69 heavy (non-hydrogen) atoms. The van der Waals surface area contributed by atoms with Crippen molar-refractivity contribution in [3.05, 3.63) is 36.5 Å². The number of nitrogens with zero attached hydrogens (tertiary/aromatic N) is 1. The van der Waals surface area contributed by atoms with Gasteiger partial charge in [0.15, 0.2) is 6.10 Å². The summed E-state index contributed by atoms with van der Waals surface area (Å²) in [5.41, 5.74) is 0. The van der Waals surface area contributed by atoms with E-state index in [-0.39, 0.29) is 32.0 Å². The fraction of sp³-hybridized carbons (Fsp3) is 0.864. The van der Waals surface area contributed by atoms with Crippen LogP contribution in [0.4, 0.5) is 0 Å². The van der Waals surface area contributed by atoms with E-state index in [2.05, 4.69) is 50.3 Å². The molecule has 0 saturated carbocycles. The van der Waals surface area contributed by atoms with Crippen LogP contribution >= 0.6 is 7.82 Å². The number of allylic oxidation sites excluding steroid dienone is 6. The molecular formula is C59H113NO8P+. The third-order valence-corrected chi connectivity index (χ3v) is 13.9. The van der Waals surface area contributed by atoms with Gasteiger partial charge in [0, 0.05) is 12.8 Å². The molecule has 10 heteroatoms. The molecule has 9 nitrogen and oxygen atoms in total. The second kappa shape index (κ2) is 51.1. The van der Waals surface area contributed by atoms with Gasteiger partial charge in [0.25, 0.3) is 0 Å². The van der Waals surface area contributed by atoms with Crippen molar-refractivity contribution in [3.8, 4) is 0 Å². The normalized spacial score (nSPS) is 13.5. The van der Waals surface area contributed by atoms with E-state index < -0.39 is 26.5 Å². The Kier molecular flexibility index (Phi) is 49.8. The molecule has 0 rings (SSSR count). The highest BCUT2D eigenvalue weighted by Gasteiger charge is 2.27. The van der Waals surface area contributed by atoms with E-state index in [1.807, 2.05) is 21.1 Å². The summed E-state index contributed by atoms with van der Waals surface area (Å²) in [4.78, 5) is 35.6.